The zero-order chi connectivity index (χ0) is 12.7. The van der Waals surface area contributed by atoms with E-state index in [-0.39, 0.29) is 5.92 Å². The smallest absolute Gasteiger partial charge is 0.308 e. The lowest BCUT2D eigenvalue weighted by molar-refractivity contribution is -0.140. The molecule has 5 nitrogen and oxygen atoms in total. The third kappa shape index (κ3) is 1.73. The van der Waals surface area contributed by atoms with Gasteiger partial charge in [0.05, 0.1) is 16.1 Å². The maximum atomic E-state index is 11.0. The first kappa shape index (κ1) is 11.4. The first-order chi connectivity index (χ1) is 8.66. The maximum Gasteiger partial charge on any atom is 0.308 e. The highest BCUT2D eigenvalue weighted by Gasteiger charge is 2.29. The van der Waals surface area contributed by atoms with Crippen LogP contribution in [0.15, 0.2) is 11.7 Å². The number of rotatable bonds is 2. The van der Waals surface area contributed by atoms with Gasteiger partial charge in [0.25, 0.3) is 0 Å². The molecule has 1 atom stereocenters. The monoisotopic (exact) mass is 263 g/mol. The second kappa shape index (κ2) is 4.20. The fourth-order valence-electron chi connectivity index (χ4n) is 2.34. The molecule has 0 spiro atoms. The van der Waals surface area contributed by atoms with Crippen LogP contribution in [0.25, 0.3) is 10.2 Å². The second-order valence-corrected chi connectivity index (χ2v) is 5.44. The summed E-state index contributed by atoms with van der Waals surface area (Å²) >= 11 is 1.62. The normalized spacial score (nSPS) is 19.6. The number of carboxylic acid groups (broad SMARTS) is 1. The summed E-state index contributed by atoms with van der Waals surface area (Å²) in [6, 6.07) is 0. The molecule has 3 rings (SSSR count). The molecule has 0 aliphatic carbocycles. The number of hydrogen-bond donors (Lipinski definition) is 1. The third-order valence-electron chi connectivity index (χ3n) is 3.35. The van der Waals surface area contributed by atoms with Crippen LogP contribution in [-0.2, 0) is 4.79 Å². The lowest BCUT2D eigenvalue weighted by Crippen LogP contribution is -2.23. The molecule has 6 heteroatoms. The summed E-state index contributed by atoms with van der Waals surface area (Å²) in [4.78, 5) is 21.7. The molecule has 94 valence electrons. The van der Waals surface area contributed by atoms with Gasteiger partial charge in [0.2, 0.25) is 0 Å². The summed E-state index contributed by atoms with van der Waals surface area (Å²) in [6.45, 7) is 3.32. The Labute approximate surface area is 108 Å². The van der Waals surface area contributed by atoms with Gasteiger partial charge in [0.15, 0.2) is 0 Å². The van der Waals surface area contributed by atoms with E-state index >= 15 is 0 Å². The number of aromatic nitrogens is 2. The molecule has 0 saturated carbocycles. The van der Waals surface area contributed by atoms with Crippen molar-refractivity contribution in [3.63, 3.8) is 0 Å². The molecule has 0 radical (unpaired) electrons. The van der Waals surface area contributed by atoms with Crippen molar-refractivity contribution in [2.45, 2.75) is 13.3 Å². The van der Waals surface area contributed by atoms with Gasteiger partial charge < -0.3 is 10.0 Å². The van der Waals surface area contributed by atoms with Gasteiger partial charge in [-0.2, -0.15) is 0 Å². The minimum atomic E-state index is -0.717. The molecule has 1 fully saturated rings. The summed E-state index contributed by atoms with van der Waals surface area (Å²) in [6.07, 6.45) is 2.25. The Bertz CT molecular complexity index is 610. The van der Waals surface area contributed by atoms with E-state index in [2.05, 4.69) is 20.2 Å². The van der Waals surface area contributed by atoms with Crippen LogP contribution in [0.1, 0.15) is 12.0 Å². The highest BCUT2D eigenvalue weighted by Crippen LogP contribution is 2.33. The van der Waals surface area contributed by atoms with E-state index in [9.17, 15) is 4.79 Å². The molecule has 2 aromatic rings. The Balaban J connectivity index is 1.98. The number of anilines is 1. The molecular weight excluding hydrogens is 250 g/mol. The predicted octanol–water partition coefficient (Wildman–Crippen LogP) is 1.91. The highest BCUT2D eigenvalue weighted by molar-refractivity contribution is 7.18. The number of carboxylic acids is 1. The summed E-state index contributed by atoms with van der Waals surface area (Å²) < 4.78 is 1.06. The van der Waals surface area contributed by atoms with Crippen molar-refractivity contribution in [3.05, 3.63) is 17.3 Å². The van der Waals surface area contributed by atoms with E-state index in [1.54, 1.807) is 17.7 Å². The predicted molar refractivity (Wildman–Crippen MR) is 70.1 cm³/mol. The maximum absolute atomic E-state index is 11.0. The van der Waals surface area contributed by atoms with Crippen molar-refractivity contribution < 1.29 is 9.90 Å². The zero-order valence-electron chi connectivity index (χ0n) is 9.96. The van der Waals surface area contributed by atoms with Crippen molar-refractivity contribution >= 4 is 33.3 Å². The Kier molecular flexibility index (Phi) is 2.66. The van der Waals surface area contributed by atoms with Gasteiger partial charge in [-0.05, 0) is 24.3 Å². The minimum Gasteiger partial charge on any atom is -0.481 e. The zero-order valence-corrected chi connectivity index (χ0v) is 10.8. The van der Waals surface area contributed by atoms with E-state index in [0.717, 1.165) is 28.1 Å². The van der Waals surface area contributed by atoms with Crippen LogP contribution >= 0.6 is 11.3 Å². The van der Waals surface area contributed by atoms with Crippen LogP contribution in [0.3, 0.4) is 0 Å². The Morgan fingerprint density at radius 2 is 2.39 bits per heavy atom. The number of aliphatic carboxylic acids is 1. The standard InChI is InChI=1S/C12H13N3O2S/c1-7-5-18-10-9(7)13-6-14-11(10)15-3-2-8(4-15)12(16)17/h5-6,8H,2-4H2,1H3,(H,16,17). The molecule has 1 N–H and O–H groups in total. The second-order valence-electron chi connectivity index (χ2n) is 4.56. The lowest BCUT2D eigenvalue weighted by Gasteiger charge is -2.17. The van der Waals surface area contributed by atoms with Crippen LogP contribution in [0.2, 0.25) is 0 Å². The Morgan fingerprint density at radius 3 is 3.11 bits per heavy atom. The van der Waals surface area contributed by atoms with Crippen LogP contribution < -0.4 is 4.90 Å². The number of nitrogens with zero attached hydrogens (tertiary/aromatic N) is 3. The molecule has 0 amide bonds. The first-order valence-corrected chi connectivity index (χ1v) is 6.71. The highest BCUT2D eigenvalue weighted by atomic mass is 32.1. The number of aryl methyl sites for hydroxylation is 1. The number of carbonyl (C=O) groups is 1. The van der Waals surface area contributed by atoms with Gasteiger partial charge >= 0.3 is 5.97 Å². The van der Waals surface area contributed by atoms with Gasteiger partial charge in [0.1, 0.15) is 12.1 Å². The van der Waals surface area contributed by atoms with Crippen molar-refractivity contribution in [2.24, 2.45) is 5.92 Å². The molecule has 1 aliphatic rings. The number of thiophene rings is 1. The SMILES string of the molecule is Cc1csc2c(N3CCC(C(=O)O)C3)ncnc12. The Hall–Kier alpha value is -1.69. The van der Waals surface area contributed by atoms with Crippen LogP contribution in [0.4, 0.5) is 5.82 Å². The van der Waals surface area contributed by atoms with Crippen molar-refractivity contribution in [2.75, 3.05) is 18.0 Å². The van der Waals surface area contributed by atoms with E-state index in [0.29, 0.717) is 13.0 Å². The fraction of sp³-hybridized carbons (Fsp3) is 0.417. The van der Waals surface area contributed by atoms with Crippen LogP contribution in [-0.4, -0.2) is 34.1 Å². The van der Waals surface area contributed by atoms with Crippen molar-refractivity contribution in [3.8, 4) is 0 Å². The molecule has 1 aliphatic heterocycles. The van der Waals surface area contributed by atoms with Gasteiger partial charge in [-0.15, -0.1) is 11.3 Å². The van der Waals surface area contributed by atoms with Gasteiger partial charge in [-0.3, -0.25) is 4.79 Å². The molecule has 3 heterocycles. The van der Waals surface area contributed by atoms with Gasteiger partial charge in [0, 0.05) is 13.1 Å². The topological polar surface area (TPSA) is 66.3 Å². The fourth-order valence-corrected chi connectivity index (χ4v) is 3.36. The largest absolute Gasteiger partial charge is 0.481 e. The van der Waals surface area contributed by atoms with Gasteiger partial charge in [-0.1, -0.05) is 0 Å². The molecular formula is C12H13N3O2S. The average Bonchev–Trinajstić information content (AvgIpc) is 2.97. The van der Waals surface area contributed by atoms with E-state index < -0.39 is 5.97 Å². The lowest BCUT2D eigenvalue weighted by atomic mass is 10.1. The summed E-state index contributed by atoms with van der Waals surface area (Å²) in [5.74, 6) is -0.122. The number of hydrogen-bond acceptors (Lipinski definition) is 5. The molecule has 0 bridgehead atoms. The average molecular weight is 263 g/mol. The molecule has 1 unspecified atom stereocenters. The minimum absolute atomic E-state index is 0.281. The molecule has 2 aromatic heterocycles. The van der Waals surface area contributed by atoms with Gasteiger partial charge in [-0.25, -0.2) is 9.97 Å². The molecule has 1 saturated heterocycles. The van der Waals surface area contributed by atoms with E-state index in [1.165, 1.54) is 0 Å². The number of fused-ring (bicyclic) bond motifs is 1. The van der Waals surface area contributed by atoms with Crippen molar-refractivity contribution in [1.82, 2.24) is 9.97 Å². The molecule has 0 aromatic carbocycles. The summed E-state index contributed by atoms with van der Waals surface area (Å²) in [5, 5.41) is 11.1. The third-order valence-corrected chi connectivity index (χ3v) is 4.43. The van der Waals surface area contributed by atoms with Crippen LogP contribution in [0.5, 0.6) is 0 Å². The summed E-state index contributed by atoms with van der Waals surface area (Å²) in [5.41, 5.74) is 2.12. The van der Waals surface area contributed by atoms with Crippen molar-refractivity contribution in [1.29, 1.82) is 0 Å². The van der Waals surface area contributed by atoms with Crippen LogP contribution in [0, 0.1) is 12.8 Å². The quantitative estimate of drug-likeness (QED) is 0.896. The van der Waals surface area contributed by atoms with E-state index in [1.807, 2.05) is 6.92 Å². The Morgan fingerprint density at radius 1 is 1.56 bits per heavy atom. The molecule has 18 heavy (non-hydrogen) atoms. The van der Waals surface area contributed by atoms with E-state index in [4.69, 9.17) is 5.11 Å². The first-order valence-electron chi connectivity index (χ1n) is 5.83. The summed E-state index contributed by atoms with van der Waals surface area (Å²) in [7, 11) is 0.